The first-order valence-corrected chi connectivity index (χ1v) is 6.00. The highest BCUT2D eigenvalue weighted by atomic mass is 32.2. The van der Waals surface area contributed by atoms with E-state index < -0.39 is 0 Å². The molecule has 0 aliphatic carbocycles. The average molecular weight is 211 g/mol. The summed E-state index contributed by atoms with van der Waals surface area (Å²) in [5, 5.41) is 9.00. The fourth-order valence-corrected chi connectivity index (χ4v) is 3.03. The Kier molecular flexibility index (Phi) is 2.83. The van der Waals surface area contributed by atoms with Crippen molar-refractivity contribution in [3.05, 3.63) is 17.5 Å². The molecule has 2 unspecified atom stereocenters. The minimum absolute atomic E-state index is 0.437. The van der Waals surface area contributed by atoms with Crippen molar-refractivity contribution in [3.63, 3.8) is 0 Å². The number of aromatic nitrogens is 2. The molecule has 3 nitrogen and oxygen atoms in total. The lowest BCUT2D eigenvalue weighted by atomic mass is 10.2. The van der Waals surface area contributed by atoms with Gasteiger partial charge in [-0.25, -0.2) is 0 Å². The molecule has 0 bridgehead atoms. The highest BCUT2D eigenvalue weighted by molar-refractivity contribution is 8.00. The van der Waals surface area contributed by atoms with Crippen LogP contribution in [0, 0.1) is 6.92 Å². The van der Waals surface area contributed by atoms with E-state index in [1.54, 1.807) is 0 Å². The zero-order valence-electron chi connectivity index (χ0n) is 8.95. The lowest BCUT2D eigenvalue weighted by Crippen LogP contribution is -2.29. The highest BCUT2D eigenvalue weighted by Gasteiger charge is 2.22. The van der Waals surface area contributed by atoms with Gasteiger partial charge in [-0.2, -0.15) is 5.10 Å². The first-order chi connectivity index (χ1) is 6.68. The number of nitrogens with zero attached hydrogens (tertiary/aromatic N) is 2. The van der Waals surface area contributed by atoms with Crippen molar-refractivity contribution in [3.8, 4) is 0 Å². The molecule has 0 aromatic carbocycles. The van der Waals surface area contributed by atoms with Crippen molar-refractivity contribution in [2.24, 2.45) is 7.05 Å². The fraction of sp³-hybridized carbons (Fsp3) is 0.700. The van der Waals surface area contributed by atoms with Crippen molar-refractivity contribution in [1.82, 2.24) is 15.1 Å². The average Bonchev–Trinajstić information content (AvgIpc) is 2.48. The van der Waals surface area contributed by atoms with Crippen LogP contribution in [-0.2, 0) is 7.05 Å². The van der Waals surface area contributed by atoms with E-state index in [0.29, 0.717) is 5.37 Å². The summed E-state index contributed by atoms with van der Waals surface area (Å²) in [7, 11) is 2.00. The number of hydrogen-bond donors (Lipinski definition) is 1. The van der Waals surface area contributed by atoms with Gasteiger partial charge < -0.3 is 5.32 Å². The zero-order valence-corrected chi connectivity index (χ0v) is 9.77. The van der Waals surface area contributed by atoms with E-state index in [1.807, 2.05) is 29.7 Å². The third-order valence-corrected chi connectivity index (χ3v) is 4.20. The second kappa shape index (κ2) is 3.95. The van der Waals surface area contributed by atoms with Crippen LogP contribution in [0.4, 0.5) is 0 Å². The van der Waals surface area contributed by atoms with E-state index in [4.69, 9.17) is 0 Å². The molecule has 1 aromatic heterocycles. The van der Waals surface area contributed by atoms with Gasteiger partial charge in [-0.05, 0) is 19.9 Å². The lowest BCUT2D eigenvalue weighted by Gasteiger charge is -2.27. The Balaban J connectivity index is 2.18. The number of hydrogen-bond acceptors (Lipinski definition) is 3. The number of rotatable bonds is 1. The van der Waals surface area contributed by atoms with Gasteiger partial charge in [0.15, 0.2) is 0 Å². The molecular weight excluding hydrogens is 194 g/mol. The summed E-state index contributed by atoms with van der Waals surface area (Å²) in [5.74, 6) is 0. The first-order valence-electron chi connectivity index (χ1n) is 5.06. The van der Waals surface area contributed by atoms with E-state index in [0.717, 1.165) is 11.8 Å². The summed E-state index contributed by atoms with van der Waals surface area (Å²) in [6.07, 6.45) is 3.25. The van der Waals surface area contributed by atoms with Crippen LogP contribution in [-0.4, -0.2) is 21.6 Å². The molecule has 0 radical (unpaired) electrons. The summed E-state index contributed by atoms with van der Waals surface area (Å²) in [5.41, 5.74) is 2.60. The molecular formula is C10H17N3S. The molecule has 0 amide bonds. The van der Waals surface area contributed by atoms with Crippen molar-refractivity contribution in [1.29, 1.82) is 0 Å². The molecule has 2 heterocycles. The molecule has 0 saturated carbocycles. The fourth-order valence-electron chi connectivity index (χ4n) is 1.72. The maximum absolute atomic E-state index is 4.28. The number of thioether (sulfide) groups is 1. The Labute approximate surface area is 89.3 Å². The minimum Gasteiger partial charge on any atom is -0.301 e. The quantitative estimate of drug-likeness (QED) is 0.768. The van der Waals surface area contributed by atoms with Crippen LogP contribution in [0.1, 0.15) is 30.0 Å². The Hall–Kier alpha value is -0.480. The van der Waals surface area contributed by atoms with Crippen molar-refractivity contribution in [2.75, 3.05) is 6.54 Å². The topological polar surface area (TPSA) is 29.9 Å². The van der Waals surface area contributed by atoms with Crippen molar-refractivity contribution in [2.45, 2.75) is 30.9 Å². The predicted octanol–water partition coefficient (Wildman–Crippen LogP) is 1.84. The molecule has 2 rings (SSSR count). The molecule has 1 aromatic rings. The van der Waals surface area contributed by atoms with Gasteiger partial charge in [-0.1, -0.05) is 6.92 Å². The molecule has 1 aliphatic rings. The molecule has 14 heavy (non-hydrogen) atoms. The van der Waals surface area contributed by atoms with Gasteiger partial charge >= 0.3 is 0 Å². The normalized spacial score (nSPS) is 27.9. The summed E-state index contributed by atoms with van der Waals surface area (Å²) in [6, 6.07) is 0. The van der Waals surface area contributed by atoms with Crippen LogP contribution in [0.25, 0.3) is 0 Å². The Morgan fingerprint density at radius 1 is 1.64 bits per heavy atom. The van der Waals surface area contributed by atoms with Gasteiger partial charge in [-0.15, -0.1) is 11.8 Å². The van der Waals surface area contributed by atoms with Crippen LogP contribution >= 0.6 is 11.8 Å². The third-order valence-electron chi connectivity index (χ3n) is 2.80. The monoisotopic (exact) mass is 211 g/mol. The molecule has 78 valence electrons. The van der Waals surface area contributed by atoms with Crippen molar-refractivity contribution < 1.29 is 0 Å². The molecule has 1 fully saturated rings. The summed E-state index contributed by atoms with van der Waals surface area (Å²) >= 11 is 2.00. The number of nitrogens with one attached hydrogen (secondary N) is 1. The molecule has 2 atom stereocenters. The zero-order chi connectivity index (χ0) is 10.1. The van der Waals surface area contributed by atoms with Gasteiger partial charge in [0, 0.05) is 23.6 Å². The standard InChI is InChI=1S/C10H17N3S/c1-7-4-5-11-10(14-7)9-6-12-13(3)8(9)2/h6-7,10-11H,4-5H2,1-3H3. The largest absolute Gasteiger partial charge is 0.301 e. The third kappa shape index (κ3) is 1.81. The Morgan fingerprint density at radius 2 is 2.43 bits per heavy atom. The maximum atomic E-state index is 4.28. The smallest absolute Gasteiger partial charge is 0.0825 e. The second-order valence-corrected chi connectivity index (χ2v) is 5.43. The molecule has 1 saturated heterocycles. The highest BCUT2D eigenvalue weighted by Crippen LogP contribution is 2.35. The maximum Gasteiger partial charge on any atom is 0.0825 e. The van der Waals surface area contributed by atoms with Crippen LogP contribution in [0.3, 0.4) is 0 Å². The van der Waals surface area contributed by atoms with Gasteiger partial charge in [0.1, 0.15) is 0 Å². The first kappa shape index (κ1) is 10.1. The molecule has 4 heteroatoms. The second-order valence-electron chi connectivity index (χ2n) is 3.88. The SMILES string of the molecule is Cc1c(C2NCCC(C)S2)cnn1C. The summed E-state index contributed by atoms with van der Waals surface area (Å²) in [4.78, 5) is 0. The Bertz CT molecular complexity index is 321. The van der Waals surface area contributed by atoms with Gasteiger partial charge in [0.25, 0.3) is 0 Å². The predicted molar refractivity (Wildman–Crippen MR) is 60.4 cm³/mol. The van der Waals surface area contributed by atoms with E-state index in [2.05, 4.69) is 24.3 Å². The van der Waals surface area contributed by atoms with Crippen LogP contribution < -0.4 is 5.32 Å². The van der Waals surface area contributed by atoms with Crippen LogP contribution in [0.5, 0.6) is 0 Å². The van der Waals surface area contributed by atoms with E-state index >= 15 is 0 Å². The van der Waals surface area contributed by atoms with E-state index in [1.165, 1.54) is 17.7 Å². The summed E-state index contributed by atoms with van der Waals surface area (Å²) in [6.45, 7) is 5.54. The van der Waals surface area contributed by atoms with Gasteiger partial charge in [-0.3, -0.25) is 4.68 Å². The minimum atomic E-state index is 0.437. The summed E-state index contributed by atoms with van der Waals surface area (Å²) < 4.78 is 1.94. The van der Waals surface area contributed by atoms with Crippen molar-refractivity contribution >= 4 is 11.8 Å². The number of aryl methyl sites for hydroxylation is 1. The van der Waals surface area contributed by atoms with E-state index in [-0.39, 0.29) is 0 Å². The van der Waals surface area contributed by atoms with Gasteiger partial charge in [0.05, 0.1) is 11.6 Å². The molecule has 1 aliphatic heterocycles. The van der Waals surface area contributed by atoms with Crippen LogP contribution in [0.15, 0.2) is 6.20 Å². The molecule has 1 N–H and O–H groups in total. The van der Waals surface area contributed by atoms with Gasteiger partial charge in [0.2, 0.25) is 0 Å². The molecule has 0 spiro atoms. The van der Waals surface area contributed by atoms with Crippen LogP contribution in [0.2, 0.25) is 0 Å². The Morgan fingerprint density at radius 3 is 3.00 bits per heavy atom. The van der Waals surface area contributed by atoms with E-state index in [9.17, 15) is 0 Å². The lowest BCUT2D eigenvalue weighted by molar-refractivity contribution is 0.602.